The predicted octanol–water partition coefficient (Wildman–Crippen LogP) is 3.10. The van der Waals surface area contributed by atoms with Crippen LogP contribution < -0.4 is 5.32 Å². The first kappa shape index (κ1) is 11.6. The molecule has 0 aliphatic rings. The molecule has 0 spiro atoms. The van der Waals surface area contributed by atoms with Crippen molar-refractivity contribution >= 4 is 27.0 Å². The second-order valence-corrected chi connectivity index (χ2v) is 5.07. The van der Waals surface area contributed by atoms with Gasteiger partial charge in [-0.2, -0.15) is 0 Å². The predicted molar refractivity (Wildman–Crippen MR) is 70.6 cm³/mol. The van der Waals surface area contributed by atoms with E-state index in [0.717, 1.165) is 22.4 Å². The van der Waals surface area contributed by atoms with Crippen molar-refractivity contribution in [2.45, 2.75) is 26.4 Å². The number of benzene rings is 1. The fourth-order valence-electron chi connectivity index (χ4n) is 1.98. The minimum absolute atomic E-state index is 0.425. The van der Waals surface area contributed by atoms with Crippen LogP contribution >= 0.6 is 15.9 Å². The smallest absolute Gasteiger partial charge is 0.124 e. The molecular weight excluding hydrogens is 266 g/mol. The molecule has 0 aliphatic carbocycles. The molecule has 2 aromatic rings. The van der Waals surface area contributed by atoms with Crippen LogP contribution in [0.4, 0.5) is 0 Å². The molecule has 1 aromatic carbocycles. The molecule has 0 bridgehead atoms. The first-order valence-electron chi connectivity index (χ1n) is 5.44. The summed E-state index contributed by atoms with van der Waals surface area (Å²) in [5.74, 6) is 1.09. The third kappa shape index (κ3) is 1.99. The number of halogens is 1. The van der Waals surface area contributed by atoms with E-state index in [4.69, 9.17) is 0 Å². The third-order valence-corrected chi connectivity index (χ3v) is 3.07. The summed E-state index contributed by atoms with van der Waals surface area (Å²) >= 11 is 3.48. The van der Waals surface area contributed by atoms with Crippen molar-refractivity contribution in [1.82, 2.24) is 14.9 Å². The van der Waals surface area contributed by atoms with Crippen molar-refractivity contribution in [1.29, 1.82) is 0 Å². The monoisotopic (exact) mass is 281 g/mol. The van der Waals surface area contributed by atoms with E-state index < -0.39 is 0 Å². The number of nitrogens with zero attached hydrogens (tertiary/aromatic N) is 2. The molecule has 1 heterocycles. The second kappa shape index (κ2) is 4.55. The van der Waals surface area contributed by atoms with Gasteiger partial charge in [0.05, 0.1) is 17.6 Å². The van der Waals surface area contributed by atoms with Crippen molar-refractivity contribution in [3.8, 4) is 0 Å². The van der Waals surface area contributed by atoms with E-state index in [0.29, 0.717) is 6.04 Å². The molecule has 0 saturated heterocycles. The van der Waals surface area contributed by atoms with Crippen LogP contribution in [0.3, 0.4) is 0 Å². The number of rotatable bonds is 3. The van der Waals surface area contributed by atoms with Gasteiger partial charge >= 0.3 is 0 Å². The Bertz CT molecular complexity index is 502. The number of hydrogen-bond donors (Lipinski definition) is 1. The van der Waals surface area contributed by atoms with Crippen LogP contribution in [-0.2, 0) is 6.54 Å². The zero-order chi connectivity index (χ0) is 11.7. The Morgan fingerprint density at radius 2 is 2.19 bits per heavy atom. The molecule has 0 fully saturated rings. The van der Waals surface area contributed by atoms with Crippen molar-refractivity contribution < 1.29 is 0 Å². The van der Waals surface area contributed by atoms with Crippen molar-refractivity contribution in [3.63, 3.8) is 0 Å². The SMILES string of the molecule is CNCc1nc2cc(Br)ccc2n1C(C)C. The van der Waals surface area contributed by atoms with E-state index in [1.807, 2.05) is 7.05 Å². The van der Waals surface area contributed by atoms with E-state index in [1.54, 1.807) is 0 Å². The quantitative estimate of drug-likeness (QED) is 0.937. The van der Waals surface area contributed by atoms with Crippen LogP contribution in [0.2, 0.25) is 0 Å². The van der Waals surface area contributed by atoms with Gasteiger partial charge in [0.25, 0.3) is 0 Å². The number of hydrogen-bond acceptors (Lipinski definition) is 2. The molecule has 0 aliphatic heterocycles. The van der Waals surface area contributed by atoms with Gasteiger partial charge in [-0.05, 0) is 39.1 Å². The van der Waals surface area contributed by atoms with Gasteiger partial charge < -0.3 is 9.88 Å². The summed E-state index contributed by atoms with van der Waals surface area (Å²) in [6, 6.07) is 6.67. The maximum absolute atomic E-state index is 4.65. The summed E-state index contributed by atoms with van der Waals surface area (Å²) in [7, 11) is 1.94. The number of aromatic nitrogens is 2. The maximum atomic E-state index is 4.65. The molecular formula is C12H16BrN3. The molecule has 1 N–H and O–H groups in total. The van der Waals surface area contributed by atoms with Crippen LogP contribution in [0, 0.1) is 0 Å². The van der Waals surface area contributed by atoms with Gasteiger partial charge in [0.15, 0.2) is 0 Å². The fraction of sp³-hybridized carbons (Fsp3) is 0.417. The Hall–Kier alpha value is -0.870. The van der Waals surface area contributed by atoms with E-state index in [2.05, 4.69) is 62.8 Å². The molecule has 0 atom stereocenters. The first-order chi connectivity index (χ1) is 7.63. The van der Waals surface area contributed by atoms with Crippen molar-refractivity contribution in [2.24, 2.45) is 0 Å². The zero-order valence-electron chi connectivity index (χ0n) is 9.79. The van der Waals surface area contributed by atoms with E-state index >= 15 is 0 Å². The lowest BCUT2D eigenvalue weighted by Gasteiger charge is -2.12. The molecule has 4 heteroatoms. The molecule has 86 valence electrons. The first-order valence-corrected chi connectivity index (χ1v) is 6.23. The molecule has 0 unspecified atom stereocenters. The van der Waals surface area contributed by atoms with Crippen LogP contribution in [0.25, 0.3) is 11.0 Å². The number of imidazole rings is 1. The van der Waals surface area contributed by atoms with Gasteiger partial charge in [-0.25, -0.2) is 4.98 Å². The molecule has 2 rings (SSSR count). The van der Waals surface area contributed by atoms with E-state index in [1.165, 1.54) is 5.52 Å². The summed E-state index contributed by atoms with van der Waals surface area (Å²) in [6.07, 6.45) is 0. The average Bonchev–Trinajstić information content (AvgIpc) is 2.55. The minimum Gasteiger partial charge on any atom is -0.324 e. The summed E-state index contributed by atoms with van der Waals surface area (Å²) < 4.78 is 3.35. The largest absolute Gasteiger partial charge is 0.324 e. The highest BCUT2D eigenvalue weighted by Gasteiger charge is 2.12. The van der Waals surface area contributed by atoms with E-state index in [-0.39, 0.29) is 0 Å². The fourth-order valence-corrected chi connectivity index (χ4v) is 2.33. The van der Waals surface area contributed by atoms with Crippen molar-refractivity contribution in [3.05, 3.63) is 28.5 Å². The Balaban J connectivity index is 2.65. The molecule has 0 saturated carbocycles. The second-order valence-electron chi connectivity index (χ2n) is 4.16. The van der Waals surface area contributed by atoms with Gasteiger partial charge in [-0.1, -0.05) is 15.9 Å². The normalized spacial score (nSPS) is 11.6. The van der Waals surface area contributed by atoms with Crippen LogP contribution in [0.1, 0.15) is 25.7 Å². The summed E-state index contributed by atoms with van der Waals surface area (Å²) in [5.41, 5.74) is 2.25. The molecule has 0 radical (unpaired) electrons. The van der Waals surface area contributed by atoms with Gasteiger partial charge in [0.1, 0.15) is 5.82 Å². The van der Waals surface area contributed by atoms with Crippen LogP contribution in [0.5, 0.6) is 0 Å². The molecule has 16 heavy (non-hydrogen) atoms. The molecule has 0 amide bonds. The standard InChI is InChI=1S/C12H16BrN3/c1-8(2)16-11-5-4-9(13)6-10(11)15-12(16)7-14-3/h4-6,8,14H,7H2,1-3H3. The minimum atomic E-state index is 0.425. The highest BCUT2D eigenvalue weighted by atomic mass is 79.9. The summed E-state index contributed by atoms with van der Waals surface area (Å²) in [6.45, 7) is 5.16. The van der Waals surface area contributed by atoms with Gasteiger partial charge in [-0.15, -0.1) is 0 Å². The summed E-state index contributed by atoms with van der Waals surface area (Å²) in [5, 5.41) is 3.16. The lowest BCUT2D eigenvalue weighted by atomic mass is 10.3. The Kier molecular flexibility index (Phi) is 3.30. The number of fused-ring (bicyclic) bond motifs is 1. The number of nitrogens with one attached hydrogen (secondary N) is 1. The Morgan fingerprint density at radius 1 is 1.44 bits per heavy atom. The Labute approximate surface area is 104 Å². The average molecular weight is 282 g/mol. The summed E-state index contributed by atoms with van der Waals surface area (Å²) in [4.78, 5) is 4.65. The molecule has 3 nitrogen and oxygen atoms in total. The van der Waals surface area contributed by atoms with Crippen LogP contribution in [0.15, 0.2) is 22.7 Å². The zero-order valence-corrected chi connectivity index (χ0v) is 11.4. The van der Waals surface area contributed by atoms with E-state index in [9.17, 15) is 0 Å². The lowest BCUT2D eigenvalue weighted by Crippen LogP contribution is -2.13. The third-order valence-electron chi connectivity index (χ3n) is 2.58. The maximum Gasteiger partial charge on any atom is 0.124 e. The van der Waals surface area contributed by atoms with Gasteiger partial charge in [0, 0.05) is 10.5 Å². The molecule has 1 aromatic heterocycles. The Morgan fingerprint density at radius 3 is 2.81 bits per heavy atom. The lowest BCUT2D eigenvalue weighted by molar-refractivity contribution is 0.570. The van der Waals surface area contributed by atoms with Gasteiger partial charge in [0.2, 0.25) is 0 Å². The highest BCUT2D eigenvalue weighted by molar-refractivity contribution is 9.10. The van der Waals surface area contributed by atoms with Crippen molar-refractivity contribution in [2.75, 3.05) is 7.05 Å². The van der Waals surface area contributed by atoms with Crippen LogP contribution in [-0.4, -0.2) is 16.6 Å². The topological polar surface area (TPSA) is 29.9 Å². The highest BCUT2D eigenvalue weighted by Crippen LogP contribution is 2.24. The van der Waals surface area contributed by atoms with Gasteiger partial charge in [-0.3, -0.25) is 0 Å².